The lowest BCUT2D eigenvalue weighted by molar-refractivity contribution is -0.710. The van der Waals surface area contributed by atoms with Gasteiger partial charge in [0.05, 0.1) is 11.9 Å². The minimum absolute atomic E-state index is 0.0457. The van der Waals surface area contributed by atoms with Crippen molar-refractivity contribution in [3.63, 3.8) is 0 Å². The van der Waals surface area contributed by atoms with E-state index in [1.807, 2.05) is 41.2 Å². The molecule has 5 rings (SSSR count). The van der Waals surface area contributed by atoms with Gasteiger partial charge < -0.3 is 4.57 Å². The minimum Gasteiger partial charge on any atom is -0.307 e. The number of nitrogens with zero attached hydrogens (tertiary/aromatic N) is 3. The van der Waals surface area contributed by atoms with Crippen LogP contribution in [0.5, 0.6) is 0 Å². The summed E-state index contributed by atoms with van der Waals surface area (Å²) in [5.41, 5.74) is 3.51. The molecule has 2 aromatic carbocycles. The van der Waals surface area contributed by atoms with Crippen LogP contribution in [0, 0.1) is 5.82 Å². The molecular weight excluding hydrogens is 353 g/mol. The molecule has 0 bridgehead atoms. The van der Waals surface area contributed by atoms with Crippen LogP contribution in [-0.2, 0) is 13.0 Å². The van der Waals surface area contributed by atoms with Gasteiger partial charge in [-0.3, -0.25) is 4.79 Å². The summed E-state index contributed by atoms with van der Waals surface area (Å²) in [5, 5.41) is 0.983. The molecule has 4 aromatic rings. The van der Waals surface area contributed by atoms with Crippen LogP contribution in [0.15, 0.2) is 73.3 Å². The molecule has 0 fully saturated rings. The standard InChI is InChI=1S/C23H19FN3O/c24-19-8-6-17-7-9-21(22(28)20(17)12-19)27-14-18-10-11-26(23(18)25-15-27)13-16-4-2-1-3-5-16/h1-6,8,10-12,14-15,21H,7,9,13H2/q+1. The van der Waals surface area contributed by atoms with Crippen LogP contribution in [0.3, 0.4) is 0 Å². The quantitative estimate of drug-likeness (QED) is 0.512. The average Bonchev–Trinajstić information content (AvgIpc) is 3.11. The second-order valence-electron chi connectivity index (χ2n) is 7.25. The molecule has 0 amide bonds. The monoisotopic (exact) mass is 372 g/mol. The van der Waals surface area contributed by atoms with Gasteiger partial charge in [0.2, 0.25) is 5.78 Å². The van der Waals surface area contributed by atoms with Crippen LogP contribution in [0.4, 0.5) is 4.39 Å². The molecular formula is C23H19FN3O+. The first-order valence-electron chi connectivity index (χ1n) is 9.41. The van der Waals surface area contributed by atoms with Crippen molar-refractivity contribution in [2.24, 2.45) is 0 Å². The molecule has 0 saturated carbocycles. The van der Waals surface area contributed by atoms with Crippen LogP contribution in [0.2, 0.25) is 0 Å². The molecule has 4 nitrogen and oxygen atoms in total. The van der Waals surface area contributed by atoms with Crippen LogP contribution in [-0.4, -0.2) is 15.3 Å². The number of fused-ring (bicyclic) bond motifs is 2. The van der Waals surface area contributed by atoms with Crippen molar-refractivity contribution in [2.75, 3.05) is 0 Å². The molecule has 138 valence electrons. The number of rotatable bonds is 3. The summed E-state index contributed by atoms with van der Waals surface area (Å²) < 4.78 is 17.6. The van der Waals surface area contributed by atoms with E-state index in [1.54, 1.807) is 12.4 Å². The number of carbonyl (C=O) groups is 1. The number of carbonyl (C=O) groups excluding carboxylic acids is 1. The Labute approximate surface area is 161 Å². The highest BCUT2D eigenvalue weighted by Gasteiger charge is 2.32. The van der Waals surface area contributed by atoms with E-state index in [-0.39, 0.29) is 17.6 Å². The summed E-state index contributed by atoms with van der Waals surface area (Å²) in [6, 6.07) is 16.4. The van der Waals surface area contributed by atoms with Gasteiger partial charge in [-0.05, 0) is 47.2 Å². The van der Waals surface area contributed by atoms with Crippen LogP contribution < -0.4 is 4.57 Å². The van der Waals surface area contributed by atoms with Crippen LogP contribution >= 0.6 is 0 Å². The summed E-state index contributed by atoms with van der Waals surface area (Å²) in [6.45, 7) is 0.746. The highest BCUT2D eigenvalue weighted by Crippen LogP contribution is 2.26. The number of halogens is 1. The summed E-state index contributed by atoms with van der Waals surface area (Å²) in [7, 11) is 0. The third-order valence-corrected chi connectivity index (χ3v) is 5.45. The highest BCUT2D eigenvalue weighted by molar-refractivity contribution is 6.00. The molecule has 0 N–H and O–H groups in total. The topological polar surface area (TPSA) is 38.8 Å². The Hall–Kier alpha value is -3.34. The Bertz CT molecular complexity index is 1180. The van der Waals surface area contributed by atoms with Crippen LogP contribution in [0.25, 0.3) is 11.0 Å². The predicted octanol–water partition coefficient (Wildman–Crippen LogP) is 3.88. The summed E-state index contributed by atoms with van der Waals surface area (Å²) >= 11 is 0. The van der Waals surface area contributed by atoms with E-state index in [1.165, 1.54) is 17.7 Å². The van der Waals surface area contributed by atoms with E-state index in [2.05, 4.69) is 21.7 Å². The molecule has 1 aliphatic rings. The molecule has 1 aliphatic carbocycles. The molecule has 5 heteroatoms. The Morgan fingerprint density at radius 1 is 1.14 bits per heavy atom. The van der Waals surface area contributed by atoms with Crippen molar-refractivity contribution in [1.82, 2.24) is 9.55 Å². The van der Waals surface area contributed by atoms with E-state index in [4.69, 9.17) is 0 Å². The lowest BCUT2D eigenvalue weighted by Crippen LogP contribution is -2.46. The number of Topliss-reactive ketones (excluding diaryl/α,β-unsaturated/α-hetero) is 1. The first kappa shape index (κ1) is 16.8. The predicted molar refractivity (Wildman–Crippen MR) is 104 cm³/mol. The van der Waals surface area contributed by atoms with Crippen molar-refractivity contribution in [1.29, 1.82) is 0 Å². The maximum absolute atomic E-state index is 13.6. The fourth-order valence-corrected chi connectivity index (χ4v) is 4.01. The maximum atomic E-state index is 13.6. The Kier molecular flexibility index (Phi) is 4.01. The molecule has 0 spiro atoms. The average molecular weight is 372 g/mol. The van der Waals surface area contributed by atoms with Gasteiger partial charge in [-0.1, -0.05) is 36.4 Å². The minimum atomic E-state index is -0.371. The zero-order valence-electron chi connectivity index (χ0n) is 15.3. The smallest absolute Gasteiger partial charge is 0.289 e. The van der Waals surface area contributed by atoms with E-state index in [0.29, 0.717) is 12.0 Å². The fraction of sp³-hybridized carbons (Fsp3) is 0.174. The van der Waals surface area contributed by atoms with Crippen molar-refractivity contribution in [2.45, 2.75) is 25.4 Å². The van der Waals surface area contributed by atoms with Gasteiger partial charge in [0, 0.05) is 11.8 Å². The number of hydrogen-bond acceptors (Lipinski definition) is 2. The number of aryl methyl sites for hydroxylation is 1. The van der Waals surface area contributed by atoms with Gasteiger partial charge in [-0.25, -0.2) is 8.96 Å². The third-order valence-electron chi connectivity index (χ3n) is 5.45. The number of benzene rings is 2. The lowest BCUT2D eigenvalue weighted by atomic mass is 9.87. The van der Waals surface area contributed by atoms with Crippen molar-refractivity contribution >= 4 is 16.8 Å². The molecule has 0 radical (unpaired) electrons. The first-order valence-corrected chi connectivity index (χ1v) is 9.41. The van der Waals surface area contributed by atoms with Gasteiger partial charge in [0.1, 0.15) is 12.0 Å². The molecule has 2 heterocycles. The van der Waals surface area contributed by atoms with Crippen molar-refractivity contribution in [3.8, 4) is 0 Å². The summed E-state index contributed by atoms with van der Waals surface area (Å²) in [4.78, 5) is 17.6. The van der Waals surface area contributed by atoms with Gasteiger partial charge in [-0.15, -0.1) is 0 Å². The summed E-state index contributed by atoms with van der Waals surface area (Å²) in [6.07, 6.45) is 7.15. The normalized spacial score (nSPS) is 16.3. The largest absolute Gasteiger partial charge is 0.307 e. The van der Waals surface area contributed by atoms with Gasteiger partial charge in [-0.2, -0.15) is 0 Å². The van der Waals surface area contributed by atoms with Gasteiger partial charge in [0.15, 0.2) is 6.04 Å². The zero-order valence-corrected chi connectivity index (χ0v) is 15.3. The molecule has 1 unspecified atom stereocenters. The molecule has 2 aromatic heterocycles. The van der Waals surface area contributed by atoms with E-state index >= 15 is 0 Å². The van der Waals surface area contributed by atoms with E-state index in [9.17, 15) is 9.18 Å². The SMILES string of the molecule is O=C1c2cc(F)ccc2CCC1[n+]1cnc2c(ccn2Cc2ccccc2)c1. The number of ketones is 1. The Morgan fingerprint density at radius 3 is 2.86 bits per heavy atom. The maximum Gasteiger partial charge on any atom is 0.289 e. The number of aromatic nitrogens is 3. The Balaban J connectivity index is 1.47. The fourth-order valence-electron chi connectivity index (χ4n) is 4.01. The Morgan fingerprint density at radius 2 is 2.00 bits per heavy atom. The van der Waals surface area contributed by atoms with Gasteiger partial charge in [0.25, 0.3) is 12.0 Å². The van der Waals surface area contributed by atoms with Crippen LogP contribution in [0.1, 0.15) is 33.9 Å². The molecule has 28 heavy (non-hydrogen) atoms. The lowest BCUT2D eigenvalue weighted by Gasteiger charge is -2.21. The zero-order chi connectivity index (χ0) is 19.1. The first-order chi connectivity index (χ1) is 13.7. The molecule has 0 aliphatic heterocycles. The second kappa shape index (κ2) is 6.68. The molecule has 1 atom stereocenters. The summed E-state index contributed by atoms with van der Waals surface area (Å²) in [5.74, 6) is -0.417. The van der Waals surface area contributed by atoms with E-state index in [0.717, 1.165) is 29.6 Å². The van der Waals surface area contributed by atoms with Crippen molar-refractivity contribution < 1.29 is 13.8 Å². The highest BCUT2D eigenvalue weighted by atomic mass is 19.1. The van der Waals surface area contributed by atoms with E-state index < -0.39 is 0 Å². The van der Waals surface area contributed by atoms with Gasteiger partial charge >= 0.3 is 0 Å². The second-order valence-corrected chi connectivity index (χ2v) is 7.25. The van der Waals surface area contributed by atoms with Crippen molar-refractivity contribution in [3.05, 3.63) is 95.8 Å². The third kappa shape index (κ3) is 2.89. The number of hydrogen-bond donors (Lipinski definition) is 0. The molecule has 0 saturated heterocycles.